The third kappa shape index (κ3) is 4.91. The SMILES string of the molecule is COCCNCc1nc(-c2cccc(Br)c2)no1.Cl. The molecule has 5 nitrogen and oxygen atoms in total. The summed E-state index contributed by atoms with van der Waals surface area (Å²) in [6.45, 7) is 1.96. The molecule has 1 aromatic heterocycles. The van der Waals surface area contributed by atoms with Crippen LogP contribution in [0.2, 0.25) is 0 Å². The molecule has 0 amide bonds. The minimum absolute atomic E-state index is 0. The van der Waals surface area contributed by atoms with Gasteiger partial charge in [-0.25, -0.2) is 0 Å². The van der Waals surface area contributed by atoms with Crippen molar-refractivity contribution in [3.63, 3.8) is 0 Å². The van der Waals surface area contributed by atoms with Gasteiger partial charge in [-0.1, -0.05) is 33.2 Å². The van der Waals surface area contributed by atoms with Crippen molar-refractivity contribution in [1.29, 1.82) is 0 Å². The average Bonchev–Trinajstić information content (AvgIpc) is 2.83. The van der Waals surface area contributed by atoms with E-state index in [9.17, 15) is 0 Å². The van der Waals surface area contributed by atoms with Gasteiger partial charge in [0.05, 0.1) is 13.2 Å². The molecule has 0 aliphatic carbocycles. The summed E-state index contributed by atoms with van der Waals surface area (Å²) < 4.78 is 11.1. The summed E-state index contributed by atoms with van der Waals surface area (Å²) in [5, 5.41) is 7.10. The summed E-state index contributed by atoms with van der Waals surface area (Å²) >= 11 is 3.41. The number of methoxy groups -OCH3 is 1. The molecule has 0 radical (unpaired) electrons. The van der Waals surface area contributed by atoms with Crippen molar-refractivity contribution in [1.82, 2.24) is 15.5 Å². The van der Waals surface area contributed by atoms with E-state index >= 15 is 0 Å². The van der Waals surface area contributed by atoms with Crippen LogP contribution < -0.4 is 5.32 Å². The Balaban J connectivity index is 0.00000180. The van der Waals surface area contributed by atoms with Crippen LogP contribution in [-0.4, -0.2) is 30.4 Å². The van der Waals surface area contributed by atoms with Crippen LogP contribution in [0.1, 0.15) is 5.89 Å². The van der Waals surface area contributed by atoms with Crippen LogP contribution >= 0.6 is 28.3 Å². The predicted octanol–water partition coefficient (Wildman–Crippen LogP) is 2.66. The minimum atomic E-state index is 0. The maximum atomic E-state index is 5.16. The van der Waals surface area contributed by atoms with Crippen molar-refractivity contribution in [2.75, 3.05) is 20.3 Å². The van der Waals surface area contributed by atoms with Gasteiger partial charge in [0.1, 0.15) is 0 Å². The van der Waals surface area contributed by atoms with Crippen LogP contribution in [0, 0.1) is 0 Å². The maximum Gasteiger partial charge on any atom is 0.240 e. The molecule has 0 aliphatic heterocycles. The van der Waals surface area contributed by atoms with Crippen LogP contribution in [0.5, 0.6) is 0 Å². The first kappa shape index (κ1) is 16.1. The monoisotopic (exact) mass is 347 g/mol. The first-order chi connectivity index (χ1) is 8.79. The molecule has 2 aromatic rings. The van der Waals surface area contributed by atoms with Gasteiger partial charge in [-0.2, -0.15) is 4.98 Å². The summed E-state index contributed by atoms with van der Waals surface area (Å²) in [5.74, 6) is 1.17. The number of ether oxygens (including phenoxy) is 1. The molecular weight excluding hydrogens is 334 g/mol. The quantitative estimate of drug-likeness (QED) is 0.813. The van der Waals surface area contributed by atoms with Gasteiger partial charge in [0.25, 0.3) is 0 Å². The van der Waals surface area contributed by atoms with E-state index in [1.165, 1.54) is 0 Å². The van der Waals surface area contributed by atoms with Gasteiger partial charge in [-0.05, 0) is 12.1 Å². The molecule has 0 bridgehead atoms. The Kier molecular flexibility index (Phi) is 7.01. The number of benzene rings is 1. The summed E-state index contributed by atoms with van der Waals surface area (Å²) in [7, 11) is 1.67. The Labute approximate surface area is 126 Å². The van der Waals surface area contributed by atoms with Crippen molar-refractivity contribution in [2.45, 2.75) is 6.54 Å². The van der Waals surface area contributed by atoms with Gasteiger partial charge in [0.2, 0.25) is 11.7 Å². The van der Waals surface area contributed by atoms with Gasteiger partial charge in [0, 0.05) is 23.7 Å². The molecule has 7 heteroatoms. The lowest BCUT2D eigenvalue weighted by Gasteiger charge is -1.98. The molecule has 0 fully saturated rings. The number of rotatable bonds is 6. The highest BCUT2D eigenvalue weighted by molar-refractivity contribution is 9.10. The molecule has 1 heterocycles. The topological polar surface area (TPSA) is 60.2 Å². The van der Waals surface area contributed by atoms with Crippen LogP contribution in [0.4, 0.5) is 0 Å². The Hall–Kier alpha value is -0.950. The van der Waals surface area contributed by atoms with Crippen LogP contribution in [0.15, 0.2) is 33.3 Å². The van der Waals surface area contributed by atoms with Crippen molar-refractivity contribution >= 4 is 28.3 Å². The predicted molar refractivity (Wildman–Crippen MR) is 78.3 cm³/mol. The fourth-order valence-electron chi connectivity index (χ4n) is 1.44. The Bertz CT molecular complexity index is 507. The lowest BCUT2D eigenvalue weighted by Crippen LogP contribution is -2.18. The lowest BCUT2D eigenvalue weighted by molar-refractivity contribution is 0.197. The lowest BCUT2D eigenvalue weighted by atomic mass is 10.2. The molecule has 1 N–H and O–H groups in total. The van der Waals surface area contributed by atoms with Gasteiger partial charge in [-0.3, -0.25) is 0 Å². The molecule has 1 aromatic carbocycles. The molecule has 0 aliphatic rings. The number of halogens is 2. The molecule has 0 unspecified atom stereocenters. The second-order valence-corrected chi connectivity index (χ2v) is 4.61. The molecule has 19 heavy (non-hydrogen) atoms. The third-order valence-electron chi connectivity index (χ3n) is 2.31. The van der Waals surface area contributed by atoms with E-state index in [2.05, 4.69) is 31.4 Å². The largest absolute Gasteiger partial charge is 0.383 e. The number of hydrogen-bond donors (Lipinski definition) is 1. The van der Waals surface area contributed by atoms with E-state index in [1.807, 2.05) is 24.3 Å². The first-order valence-electron chi connectivity index (χ1n) is 5.58. The van der Waals surface area contributed by atoms with Crippen molar-refractivity contribution in [3.05, 3.63) is 34.6 Å². The molecule has 0 spiro atoms. The normalized spacial score (nSPS) is 10.2. The fourth-order valence-corrected chi connectivity index (χ4v) is 1.84. The van der Waals surface area contributed by atoms with Gasteiger partial charge >= 0.3 is 0 Å². The zero-order valence-electron chi connectivity index (χ0n) is 10.4. The third-order valence-corrected chi connectivity index (χ3v) is 2.80. The Morgan fingerprint density at radius 3 is 3.00 bits per heavy atom. The van der Waals surface area contributed by atoms with E-state index < -0.39 is 0 Å². The summed E-state index contributed by atoms with van der Waals surface area (Å²) in [4.78, 5) is 4.32. The number of hydrogen-bond acceptors (Lipinski definition) is 5. The number of nitrogens with one attached hydrogen (secondary N) is 1. The molecule has 0 saturated heterocycles. The van der Waals surface area contributed by atoms with E-state index in [-0.39, 0.29) is 12.4 Å². The van der Waals surface area contributed by atoms with Gasteiger partial charge in [-0.15, -0.1) is 12.4 Å². The summed E-state index contributed by atoms with van der Waals surface area (Å²) in [6, 6.07) is 7.79. The molecular formula is C12H15BrClN3O2. The second kappa shape index (κ2) is 8.27. The van der Waals surface area contributed by atoms with E-state index in [0.717, 1.165) is 16.6 Å². The fraction of sp³-hybridized carbons (Fsp3) is 0.333. The summed E-state index contributed by atoms with van der Waals surface area (Å²) in [5.41, 5.74) is 0.927. The maximum absolute atomic E-state index is 5.16. The highest BCUT2D eigenvalue weighted by Gasteiger charge is 2.08. The molecule has 0 atom stereocenters. The Morgan fingerprint density at radius 1 is 1.42 bits per heavy atom. The summed E-state index contributed by atoms with van der Waals surface area (Å²) in [6.07, 6.45) is 0. The van der Waals surface area contributed by atoms with Crippen molar-refractivity contribution < 1.29 is 9.26 Å². The minimum Gasteiger partial charge on any atom is -0.383 e. The zero-order valence-corrected chi connectivity index (χ0v) is 12.8. The van der Waals surface area contributed by atoms with Gasteiger partial charge in [0.15, 0.2) is 0 Å². The van der Waals surface area contributed by atoms with Crippen molar-refractivity contribution in [3.8, 4) is 11.4 Å². The van der Waals surface area contributed by atoms with Crippen molar-refractivity contribution in [2.24, 2.45) is 0 Å². The number of aromatic nitrogens is 2. The van der Waals surface area contributed by atoms with Crippen LogP contribution in [0.25, 0.3) is 11.4 Å². The van der Waals surface area contributed by atoms with E-state index in [1.54, 1.807) is 7.11 Å². The second-order valence-electron chi connectivity index (χ2n) is 3.69. The molecule has 104 valence electrons. The van der Waals surface area contributed by atoms with E-state index in [0.29, 0.717) is 24.9 Å². The smallest absolute Gasteiger partial charge is 0.240 e. The molecule has 2 rings (SSSR count). The zero-order chi connectivity index (χ0) is 12.8. The van der Waals surface area contributed by atoms with E-state index in [4.69, 9.17) is 9.26 Å². The van der Waals surface area contributed by atoms with Crippen LogP contribution in [-0.2, 0) is 11.3 Å². The molecule has 0 saturated carbocycles. The first-order valence-corrected chi connectivity index (χ1v) is 6.37. The number of nitrogens with zero attached hydrogens (tertiary/aromatic N) is 2. The highest BCUT2D eigenvalue weighted by Crippen LogP contribution is 2.20. The van der Waals surface area contributed by atoms with Crippen LogP contribution in [0.3, 0.4) is 0 Å². The standard InChI is InChI=1S/C12H14BrN3O2.ClH/c1-17-6-5-14-8-11-15-12(16-18-11)9-3-2-4-10(13)7-9;/h2-4,7,14H,5-6,8H2,1H3;1H. The highest BCUT2D eigenvalue weighted by atomic mass is 79.9. The average molecular weight is 349 g/mol. The Morgan fingerprint density at radius 2 is 2.26 bits per heavy atom. The van der Waals surface area contributed by atoms with Gasteiger partial charge < -0.3 is 14.6 Å².